The number of hydrogen-bond acceptors (Lipinski definition) is 4. The SMILES string of the molecule is CC(=O)CC(=O)OC/C=C(/N)Cc1ccccc1. The summed E-state index contributed by atoms with van der Waals surface area (Å²) in [5, 5.41) is 0. The van der Waals surface area contributed by atoms with Gasteiger partial charge < -0.3 is 10.5 Å². The normalized spacial score (nSPS) is 11.1. The second-order valence-electron chi connectivity index (χ2n) is 4.00. The van der Waals surface area contributed by atoms with Gasteiger partial charge >= 0.3 is 5.97 Å². The molecule has 4 heteroatoms. The molecular formula is C14H17NO3. The molecule has 0 radical (unpaired) electrons. The monoisotopic (exact) mass is 247 g/mol. The second-order valence-corrected chi connectivity index (χ2v) is 4.00. The number of hydrogen-bond donors (Lipinski definition) is 1. The lowest BCUT2D eigenvalue weighted by molar-refractivity contribution is -0.144. The summed E-state index contributed by atoms with van der Waals surface area (Å²) >= 11 is 0. The van der Waals surface area contributed by atoms with Crippen LogP contribution in [-0.4, -0.2) is 18.4 Å². The predicted molar refractivity (Wildman–Crippen MR) is 68.7 cm³/mol. The Morgan fingerprint density at radius 3 is 2.56 bits per heavy atom. The van der Waals surface area contributed by atoms with Gasteiger partial charge in [-0.25, -0.2) is 0 Å². The molecule has 0 aliphatic carbocycles. The van der Waals surface area contributed by atoms with Crippen LogP contribution < -0.4 is 5.73 Å². The van der Waals surface area contributed by atoms with Crippen molar-refractivity contribution < 1.29 is 14.3 Å². The summed E-state index contributed by atoms with van der Waals surface area (Å²) in [7, 11) is 0. The second kappa shape index (κ2) is 7.27. The van der Waals surface area contributed by atoms with E-state index in [4.69, 9.17) is 10.5 Å². The lowest BCUT2D eigenvalue weighted by Crippen LogP contribution is -2.10. The zero-order valence-corrected chi connectivity index (χ0v) is 10.4. The zero-order chi connectivity index (χ0) is 13.4. The van der Waals surface area contributed by atoms with Crippen LogP contribution in [0.15, 0.2) is 42.1 Å². The van der Waals surface area contributed by atoms with Gasteiger partial charge in [0.2, 0.25) is 0 Å². The lowest BCUT2D eigenvalue weighted by atomic mass is 10.1. The van der Waals surface area contributed by atoms with Gasteiger partial charge in [-0.3, -0.25) is 9.59 Å². The first-order valence-corrected chi connectivity index (χ1v) is 5.71. The van der Waals surface area contributed by atoms with Crippen LogP contribution in [0, 0.1) is 0 Å². The number of ketones is 1. The Morgan fingerprint density at radius 2 is 1.94 bits per heavy atom. The van der Waals surface area contributed by atoms with Crippen LogP contribution in [0.1, 0.15) is 18.9 Å². The van der Waals surface area contributed by atoms with Crippen molar-refractivity contribution in [2.75, 3.05) is 6.61 Å². The summed E-state index contributed by atoms with van der Waals surface area (Å²) in [6.45, 7) is 1.45. The van der Waals surface area contributed by atoms with Gasteiger partial charge in [-0.1, -0.05) is 30.3 Å². The molecule has 0 aliphatic heterocycles. The third-order valence-electron chi connectivity index (χ3n) is 2.23. The van der Waals surface area contributed by atoms with E-state index in [1.807, 2.05) is 30.3 Å². The maximum absolute atomic E-state index is 11.1. The molecule has 0 aliphatic rings. The first-order chi connectivity index (χ1) is 8.58. The number of benzene rings is 1. The molecule has 0 atom stereocenters. The number of allylic oxidation sites excluding steroid dienone is 1. The van der Waals surface area contributed by atoms with Crippen molar-refractivity contribution >= 4 is 11.8 Å². The predicted octanol–water partition coefficient (Wildman–Crippen LogP) is 1.59. The van der Waals surface area contributed by atoms with E-state index in [9.17, 15) is 9.59 Å². The summed E-state index contributed by atoms with van der Waals surface area (Å²) < 4.78 is 4.85. The van der Waals surface area contributed by atoms with Crippen molar-refractivity contribution in [1.29, 1.82) is 0 Å². The Kier molecular flexibility index (Phi) is 5.64. The number of nitrogens with two attached hydrogens (primary N) is 1. The Morgan fingerprint density at radius 1 is 1.28 bits per heavy atom. The van der Waals surface area contributed by atoms with Crippen molar-refractivity contribution in [3.05, 3.63) is 47.7 Å². The van der Waals surface area contributed by atoms with Crippen LogP contribution in [0.4, 0.5) is 0 Å². The molecule has 0 heterocycles. The topological polar surface area (TPSA) is 69.4 Å². The van der Waals surface area contributed by atoms with Crippen molar-refractivity contribution in [3.8, 4) is 0 Å². The molecule has 18 heavy (non-hydrogen) atoms. The van der Waals surface area contributed by atoms with Crippen LogP contribution in [0.3, 0.4) is 0 Å². The van der Waals surface area contributed by atoms with E-state index < -0.39 is 5.97 Å². The van der Waals surface area contributed by atoms with Crippen LogP contribution >= 0.6 is 0 Å². The maximum Gasteiger partial charge on any atom is 0.313 e. The number of carbonyl (C=O) groups excluding carboxylic acids is 2. The summed E-state index contributed by atoms with van der Waals surface area (Å²) in [6, 6.07) is 9.77. The van der Waals surface area contributed by atoms with E-state index in [0.717, 1.165) is 5.56 Å². The fraction of sp³-hybridized carbons (Fsp3) is 0.286. The fourth-order valence-electron chi connectivity index (χ4n) is 1.40. The highest BCUT2D eigenvalue weighted by Crippen LogP contribution is 2.03. The number of carbonyl (C=O) groups is 2. The minimum absolute atomic E-state index is 0.102. The molecule has 0 spiro atoms. The molecule has 0 aromatic heterocycles. The highest BCUT2D eigenvalue weighted by molar-refractivity contribution is 5.94. The van der Waals surface area contributed by atoms with Crippen LogP contribution in [0.2, 0.25) is 0 Å². The van der Waals surface area contributed by atoms with Crippen LogP contribution in [0.5, 0.6) is 0 Å². The summed E-state index contributed by atoms with van der Waals surface area (Å²) in [6.07, 6.45) is 2.07. The van der Waals surface area contributed by atoms with Gasteiger partial charge in [0.15, 0.2) is 0 Å². The Labute approximate surface area is 106 Å². The van der Waals surface area contributed by atoms with E-state index in [0.29, 0.717) is 12.1 Å². The van der Waals surface area contributed by atoms with Gasteiger partial charge in [0, 0.05) is 12.1 Å². The van der Waals surface area contributed by atoms with Gasteiger partial charge in [0.25, 0.3) is 0 Å². The molecule has 0 saturated carbocycles. The van der Waals surface area contributed by atoms with Gasteiger partial charge in [-0.15, -0.1) is 0 Å². The van der Waals surface area contributed by atoms with Crippen molar-refractivity contribution in [2.24, 2.45) is 5.73 Å². The van der Waals surface area contributed by atoms with Crippen molar-refractivity contribution in [3.63, 3.8) is 0 Å². The van der Waals surface area contributed by atoms with Crippen LogP contribution in [-0.2, 0) is 20.7 Å². The minimum atomic E-state index is -0.522. The standard InChI is InChI=1S/C14H17NO3/c1-11(16)9-14(17)18-8-7-13(15)10-12-5-3-2-4-6-12/h2-7H,8-10,15H2,1H3/b13-7+. The molecule has 4 nitrogen and oxygen atoms in total. The first-order valence-electron chi connectivity index (χ1n) is 5.71. The number of esters is 1. The molecule has 0 saturated heterocycles. The molecule has 1 aromatic rings. The van der Waals surface area contributed by atoms with Gasteiger partial charge in [-0.2, -0.15) is 0 Å². The van der Waals surface area contributed by atoms with Crippen molar-refractivity contribution in [2.45, 2.75) is 19.8 Å². The summed E-state index contributed by atoms with van der Waals surface area (Å²) in [4.78, 5) is 21.7. The van der Waals surface area contributed by atoms with E-state index >= 15 is 0 Å². The molecule has 0 amide bonds. The number of rotatable bonds is 6. The van der Waals surface area contributed by atoms with Crippen molar-refractivity contribution in [1.82, 2.24) is 0 Å². The number of Topliss-reactive ketones (excluding diaryl/α,β-unsaturated/α-hetero) is 1. The molecule has 1 aromatic carbocycles. The van der Waals surface area contributed by atoms with Crippen LogP contribution in [0.25, 0.3) is 0 Å². The van der Waals surface area contributed by atoms with E-state index in [-0.39, 0.29) is 18.8 Å². The Hall–Kier alpha value is -2.10. The number of ether oxygens (including phenoxy) is 1. The Bertz CT molecular complexity index is 438. The summed E-state index contributed by atoms with van der Waals surface area (Å²) in [5.41, 5.74) is 7.53. The van der Waals surface area contributed by atoms with Gasteiger partial charge in [0.05, 0.1) is 0 Å². The molecule has 0 fully saturated rings. The fourth-order valence-corrected chi connectivity index (χ4v) is 1.40. The van der Waals surface area contributed by atoms with Gasteiger partial charge in [-0.05, 0) is 18.6 Å². The molecule has 2 N–H and O–H groups in total. The van der Waals surface area contributed by atoms with Gasteiger partial charge in [0.1, 0.15) is 18.8 Å². The molecular weight excluding hydrogens is 230 g/mol. The molecule has 1 rings (SSSR count). The Balaban J connectivity index is 2.34. The minimum Gasteiger partial charge on any atom is -0.461 e. The molecule has 96 valence electrons. The first kappa shape index (κ1) is 14.0. The average Bonchev–Trinajstić information content (AvgIpc) is 2.29. The maximum atomic E-state index is 11.1. The highest BCUT2D eigenvalue weighted by Gasteiger charge is 2.05. The largest absolute Gasteiger partial charge is 0.461 e. The quantitative estimate of drug-likeness (QED) is 0.612. The average molecular weight is 247 g/mol. The smallest absolute Gasteiger partial charge is 0.313 e. The highest BCUT2D eigenvalue weighted by atomic mass is 16.5. The zero-order valence-electron chi connectivity index (χ0n) is 10.4. The third-order valence-corrected chi connectivity index (χ3v) is 2.23. The lowest BCUT2D eigenvalue weighted by Gasteiger charge is -2.03. The van der Waals surface area contributed by atoms with E-state index in [2.05, 4.69) is 0 Å². The molecule has 0 unspecified atom stereocenters. The van der Waals surface area contributed by atoms with E-state index in [1.165, 1.54) is 6.92 Å². The summed E-state index contributed by atoms with van der Waals surface area (Å²) in [5.74, 6) is -0.729. The van der Waals surface area contributed by atoms with E-state index in [1.54, 1.807) is 6.08 Å². The molecule has 0 bridgehead atoms. The third kappa shape index (κ3) is 5.84.